The third-order valence-electron chi connectivity index (χ3n) is 3.73. The van der Waals surface area contributed by atoms with Gasteiger partial charge in [-0.1, -0.05) is 23.4 Å². The van der Waals surface area contributed by atoms with Crippen molar-refractivity contribution >= 4 is 35.4 Å². The molecule has 156 valence electrons. The van der Waals surface area contributed by atoms with Gasteiger partial charge in [0.05, 0.1) is 18.1 Å². The summed E-state index contributed by atoms with van der Waals surface area (Å²) < 4.78 is 15.0. The summed E-state index contributed by atoms with van der Waals surface area (Å²) >= 11 is 1.09. The van der Waals surface area contributed by atoms with Crippen molar-refractivity contribution < 1.29 is 28.4 Å². The fourth-order valence-corrected chi connectivity index (χ4v) is 2.88. The van der Waals surface area contributed by atoms with Crippen LogP contribution in [-0.2, 0) is 25.7 Å². The third-order valence-corrected chi connectivity index (χ3v) is 4.85. The number of nitrogens with one attached hydrogen (secondary N) is 2. The minimum absolute atomic E-state index is 0.0633. The third kappa shape index (κ3) is 7.49. The number of aromatic nitrogens is 1. The van der Waals surface area contributed by atoms with E-state index in [9.17, 15) is 14.4 Å². The lowest BCUT2D eigenvalue weighted by Gasteiger charge is -2.11. The highest BCUT2D eigenvalue weighted by atomic mass is 32.2. The zero-order valence-electron chi connectivity index (χ0n) is 16.4. The van der Waals surface area contributed by atoms with Gasteiger partial charge in [-0.2, -0.15) is 0 Å². The fourth-order valence-electron chi connectivity index (χ4n) is 2.20. The molecule has 1 aromatic carbocycles. The van der Waals surface area contributed by atoms with Crippen LogP contribution in [0.2, 0.25) is 0 Å². The van der Waals surface area contributed by atoms with Gasteiger partial charge in [-0.15, -0.1) is 11.8 Å². The lowest BCUT2D eigenvalue weighted by atomic mass is 10.2. The maximum absolute atomic E-state index is 12.0. The van der Waals surface area contributed by atoms with Gasteiger partial charge in [-0.25, -0.2) is 0 Å². The zero-order valence-corrected chi connectivity index (χ0v) is 17.2. The molecule has 0 aliphatic carbocycles. The standard InChI is InChI=1S/C19H23N3O6S/c1-12-8-16(22-28-12)21-19(25)13(2)29-11-18(24)27-10-17(23)20-9-14-6-4-5-7-15(14)26-3/h4-8,13H,9-11H2,1-3H3,(H,20,23)(H,21,22,25)/t13-/m0/s1. The maximum atomic E-state index is 12.0. The predicted octanol–water partition coefficient (Wildman–Crippen LogP) is 1.91. The summed E-state index contributed by atoms with van der Waals surface area (Å²) in [4.78, 5) is 35.7. The van der Waals surface area contributed by atoms with Gasteiger partial charge in [0.2, 0.25) is 5.91 Å². The predicted molar refractivity (Wildman–Crippen MR) is 108 cm³/mol. The lowest BCUT2D eigenvalue weighted by Crippen LogP contribution is -2.29. The van der Waals surface area contributed by atoms with Crippen LogP contribution in [0.1, 0.15) is 18.2 Å². The molecule has 2 rings (SSSR count). The van der Waals surface area contributed by atoms with Crippen molar-refractivity contribution in [3.63, 3.8) is 0 Å². The molecule has 0 aliphatic rings. The number of thioether (sulfide) groups is 1. The summed E-state index contributed by atoms with van der Waals surface area (Å²) in [5, 5.41) is 8.40. The number of para-hydroxylation sites is 1. The Hall–Kier alpha value is -3.01. The van der Waals surface area contributed by atoms with E-state index in [-0.39, 0.29) is 18.2 Å². The van der Waals surface area contributed by atoms with E-state index in [0.29, 0.717) is 17.3 Å². The number of carbonyl (C=O) groups is 3. The van der Waals surface area contributed by atoms with Gasteiger partial charge in [0.1, 0.15) is 11.5 Å². The Morgan fingerprint density at radius 1 is 1.28 bits per heavy atom. The number of amides is 2. The Labute approximate surface area is 172 Å². The second-order valence-corrected chi connectivity index (χ2v) is 7.34. The normalized spacial score (nSPS) is 11.4. The zero-order chi connectivity index (χ0) is 21.2. The van der Waals surface area contributed by atoms with Crippen LogP contribution in [0.5, 0.6) is 5.75 Å². The number of ether oxygens (including phenoxy) is 2. The fraction of sp³-hybridized carbons (Fsp3) is 0.368. The minimum Gasteiger partial charge on any atom is -0.496 e. The summed E-state index contributed by atoms with van der Waals surface area (Å²) in [7, 11) is 1.55. The number of carbonyl (C=O) groups excluding carboxylic acids is 3. The molecule has 1 aromatic heterocycles. The van der Waals surface area contributed by atoms with E-state index in [1.165, 1.54) is 0 Å². The molecule has 9 nitrogen and oxygen atoms in total. The van der Waals surface area contributed by atoms with E-state index in [4.69, 9.17) is 14.0 Å². The molecule has 10 heteroatoms. The first-order valence-corrected chi connectivity index (χ1v) is 9.84. The molecule has 0 spiro atoms. The molecular weight excluding hydrogens is 398 g/mol. The van der Waals surface area contributed by atoms with Crippen LogP contribution >= 0.6 is 11.8 Å². The molecule has 0 unspecified atom stereocenters. The molecule has 0 fully saturated rings. The van der Waals surface area contributed by atoms with Crippen molar-refractivity contribution in [3.05, 3.63) is 41.7 Å². The van der Waals surface area contributed by atoms with E-state index in [2.05, 4.69) is 15.8 Å². The Balaban J connectivity index is 1.65. The van der Waals surface area contributed by atoms with Crippen molar-refractivity contribution in [1.82, 2.24) is 10.5 Å². The van der Waals surface area contributed by atoms with E-state index in [1.807, 2.05) is 18.2 Å². The second-order valence-electron chi connectivity index (χ2n) is 6.01. The van der Waals surface area contributed by atoms with Crippen LogP contribution in [0.4, 0.5) is 5.82 Å². The number of benzene rings is 1. The SMILES string of the molecule is COc1ccccc1CNC(=O)COC(=O)CS[C@@H](C)C(=O)Nc1cc(C)on1. The van der Waals surface area contributed by atoms with Gasteiger partial charge < -0.3 is 24.6 Å². The molecule has 2 aromatic rings. The van der Waals surface area contributed by atoms with Gasteiger partial charge in [0, 0.05) is 18.2 Å². The molecule has 0 radical (unpaired) electrons. The number of esters is 1. The van der Waals surface area contributed by atoms with E-state index in [1.54, 1.807) is 33.1 Å². The van der Waals surface area contributed by atoms with Crippen LogP contribution in [0, 0.1) is 6.92 Å². The Bertz CT molecular complexity index is 854. The first kappa shape index (κ1) is 22.3. The Morgan fingerprint density at radius 2 is 2.03 bits per heavy atom. The van der Waals surface area contributed by atoms with Crippen molar-refractivity contribution in [2.24, 2.45) is 0 Å². The van der Waals surface area contributed by atoms with Gasteiger partial charge in [-0.3, -0.25) is 14.4 Å². The summed E-state index contributed by atoms with van der Waals surface area (Å²) in [5.41, 5.74) is 0.812. The number of nitrogens with zero attached hydrogens (tertiary/aromatic N) is 1. The average molecular weight is 421 g/mol. The molecule has 0 aliphatic heterocycles. The largest absolute Gasteiger partial charge is 0.496 e. The van der Waals surface area contributed by atoms with E-state index >= 15 is 0 Å². The van der Waals surface area contributed by atoms with Crippen LogP contribution in [0.3, 0.4) is 0 Å². The molecule has 1 atom stereocenters. The molecule has 0 bridgehead atoms. The first-order valence-electron chi connectivity index (χ1n) is 8.79. The highest BCUT2D eigenvalue weighted by Gasteiger charge is 2.18. The van der Waals surface area contributed by atoms with Gasteiger partial charge in [0.25, 0.3) is 5.91 Å². The minimum atomic E-state index is -0.584. The number of anilines is 1. The Kier molecular flexibility index (Phi) is 8.53. The molecule has 2 N–H and O–H groups in total. The molecule has 1 heterocycles. The monoisotopic (exact) mass is 421 g/mol. The van der Waals surface area contributed by atoms with Crippen molar-refractivity contribution in [2.45, 2.75) is 25.6 Å². The molecular formula is C19H23N3O6S. The smallest absolute Gasteiger partial charge is 0.316 e. The highest BCUT2D eigenvalue weighted by Crippen LogP contribution is 2.17. The molecule has 0 saturated heterocycles. The topological polar surface area (TPSA) is 120 Å². The number of aryl methyl sites for hydroxylation is 1. The van der Waals surface area contributed by atoms with Crippen molar-refractivity contribution in [1.29, 1.82) is 0 Å². The van der Waals surface area contributed by atoms with E-state index in [0.717, 1.165) is 17.3 Å². The molecule has 29 heavy (non-hydrogen) atoms. The Morgan fingerprint density at radius 3 is 2.72 bits per heavy atom. The first-order chi connectivity index (χ1) is 13.9. The number of rotatable bonds is 10. The number of hydrogen-bond acceptors (Lipinski definition) is 8. The van der Waals surface area contributed by atoms with Gasteiger partial charge in [0.15, 0.2) is 12.4 Å². The van der Waals surface area contributed by atoms with Crippen molar-refractivity contribution in [2.75, 3.05) is 24.8 Å². The highest BCUT2D eigenvalue weighted by molar-refractivity contribution is 8.01. The summed E-state index contributed by atoms with van der Waals surface area (Å²) in [6.45, 7) is 3.23. The summed E-state index contributed by atoms with van der Waals surface area (Å²) in [5.74, 6) is 0.162. The van der Waals surface area contributed by atoms with Gasteiger partial charge >= 0.3 is 5.97 Å². The van der Waals surface area contributed by atoms with Crippen LogP contribution in [-0.4, -0.2) is 47.7 Å². The summed E-state index contributed by atoms with van der Waals surface area (Å²) in [6, 6.07) is 8.88. The summed E-state index contributed by atoms with van der Waals surface area (Å²) in [6.07, 6.45) is 0. The number of hydrogen-bond donors (Lipinski definition) is 2. The van der Waals surface area contributed by atoms with Crippen LogP contribution in [0.25, 0.3) is 0 Å². The number of methoxy groups -OCH3 is 1. The van der Waals surface area contributed by atoms with Crippen LogP contribution in [0.15, 0.2) is 34.9 Å². The second kappa shape index (κ2) is 11.1. The quantitative estimate of drug-likeness (QED) is 0.558. The molecule has 2 amide bonds. The van der Waals surface area contributed by atoms with Crippen LogP contribution < -0.4 is 15.4 Å². The molecule has 0 saturated carbocycles. The lowest BCUT2D eigenvalue weighted by molar-refractivity contribution is -0.145. The van der Waals surface area contributed by atoms with Crippen molar-refractivity contribution in [3.8, 4) is 5.75 Å². The van der Waals surface area contributed by atoms with Gasteiger partial charge in [-0.05, 0) is 19.9 Å². The maximum Gasteiger partial charge on any atom is 0.316 e. The van der Waals surface area contributed by atoms with E-state index < -0.39 is 23.7 Å². The average Bonchev–Trinajstić information content (AvgIpc) is 3.13.